The molecule has 0 amide bonds. The standard InChI is InChI=1S/C9H7NSe.C5H11Cl/c1-2-4-8(5-3-1)9-10-6-7-11-9;1-2-3-4-5-6/h1-7H;2-5H2,1H3. The first-order valence-electron chi connectivity index (χ1n) is 5.89. The third-order valence-electron chi connectivity index (χ3n) is 2.19. The molecule has 0 atom stereocenters. The number of nitrogens with zero attached hydrogens (tertiary/aromatic N) is 1. The Morgan fingerprint density at radius 1 is 1.18 bits per heavy atom. The monoisotopic (exact) mass is 315 g/mol. The molecule has 0 saturated heterocycles. The van der Waals surface area contributed by atoms with Crippen LogP contribution in [0.5, 0.6) is 0 Å². The third kappa shape index (κ3) is 6.07. The second-order valence-corrected chi connectivity index (χ2v) is 5.85. The van der Waals surface area contributed by atoms with E-state index in [9.17, 15) is 0 Å². The van der Waals surface area contributed by atoms with E-state index in [1.54, 1.807) is 0 Å². The van der Waals surface area contributed by atoms with Crippen molar-refractivity contribution in [3.63, 3.8) is 0 Å². The van der Waals surface area contributed by atoms with E-state index in [0.717, 1.165) is 5.88 Å². The van der Waals surface area contributed by atoms with Crippen LogP contribution in [0.2, 0.25) is 0 Å². The van der Waals surface area contributed by atoms with Gasteiger partial charge in [0.05, 0.1) is 0 Å². The van der Waals surface area contributed by atoms with Crippen molar-refractivity contribution < 1.29 is 0 Å². The van der Waals surface area contributed by atoms with Crippen LogP contribution >= 0.6 is 11.6 Å². The Bertz CT molecular complexity index is 368. The molecule has 1 aromatic carbocycles. The quantitative estimate of drug-likeness (QED) is 0.468. The van der Waals surface area contributed by atoms with E-state index >= 15 is 0 Å². The minimum absolute atomic E-state index is 0.460. The number of hydrogen-bond acceptors (Lipinski definition) is 1. The van der Waals surface area contributed by atoms with E-state index in [4.69, 9.17) is 11.6 Å². The summed E-state index contributed by atoms with van der Waals surface area (Å²) < 4.78 is 1.23. The number of aromatic nitrogens is 1. The van der Waals surface area contributed by atoms with Gasteiger partial charge < -0.3 is 0 Å². The number of halogens is 1. The Morgan fingerprint density at radius 2 is 1.94 bits per heavy atom. The first kappa shape index (κ1) is 14.5. The van der Waals surface area contributed by atoms with Crippen LogP contribution in [0.3, 0.4) is 0 Å². The van der Waals surface area contributed by atoms with Crippen molar-refractivity contribution in [3.8, 4) is 10.1 Å². The van der Waals surface area contributed by atoms with Crippen molar-refractivity contribution in [3.05, 3.63) is 41.5 Å². The van der Waals surface area contributed by atoms with Gasteiger partial charge in [0, 0.05) is 5.88 Å². The number of benzene rings is 1. The molecular weight excluding hydrogens is 297 g/mol. The second-order valence-electron chi connectivity index (χ2n) is 3.60. The van der Waals surface area contributed by atoms with Gasteiger partial charge in [0.15, 0.2) is 0 Å². The summed E-state index contributed by atoms with van der Waals surface area (Å²) in [5.74, 6) is 0.827. The van der Waals surface area contributed by atoms with Crippen molar-refractivity contribution in [1.82, 2.24) is 4.98 Å². The Morgan fingerprint density at radius 3 is 2.41 bits per heavy atom. The fraction of sp³-hybridized carbons (Fsp3) is 0.357. The van der Waals surface area contributed by atoms with E-state index in [1.165, 1.54) is 29.4 Å². The molecule has 1 nitrogen and oxygen atoms in total. The summed E-state index contributed by atoms with van der Waals surface area (Å²) in [6, 6.07) is 10.3. The molecule has 17 heavy (non-hydrogen) atoms. The summed E-state index contributed by atoms with van der Waals surface area (Å²) >= 11 is 5.84. The van der Waals surface area contributed by atoms with Gasteiger partial charge in [-0.2, -0.15) is 0 Å². The van der Waals surface area contributed by atoms with Crippen LogP contribution in [0.15, 0.2) is 41.5 Å². The summed E-state index contributed by atoms with van der Waals surface area (Å²) in [7, 11) is 0. The second kappa shape index (κ2) is 9.47. The third-order valence-corrected chi connectivity index (χ3v) is 4.18. The molecule has 1 aromatic heterocycles. The molecule has 0 fully saturated rings. The van der Waals surface area contributed by atoms with Crippen molar-refractivity contribution in [2.24, 2.45) is 0 Å². The van der Waals surface area contributed by atoms with Crippen LogP contribution in [0, 0.1) is 0 Å². The zero-order chi connectivity index (χ0) is 12.3. The fourth-order valence-electron chi connectivity index (χ4n) is 1.29. The van der Waals surface area contributed by atoms with Gasteiger partial charge >= 0.3 is 71.1 Å². The summed E-state index contributed by atoms with van der Waals surface area (Å²) in [5.41, 5.74) is 1.26. The molecule has 1 heterocycles. The normalized spacial score (nSPS) is 9.53. The Kier molecular flexibility index (Phi) is 8.08. The summed E-state index contributed by atoms with van der Waals surface area (Å²) in [4.78, 5) is 6.40. The van der Waals surface area contributed by atoms with Gasteiger partial charge in [-0.05, 0) is 6.42 Å². The van der Waals surface area contributed by atoms with Crippen LogP contribution in [-0.4, -0.2) is 25.4 Å². The van der Waals surface area contributed by atoms with Gasteiger partial charge in [-0.15, -0.1) is 11.6 Å². The average molecular weight is 315 g/mol. The van der Waals surface area contributed by atoms with Crippen molar-refractivity contribution in [2.45, 2.75) is 26.2 Å². The molecule has 0 N–H and O–H groups in total. The van der Waals surface area contributed by atoms with Gasteiger partial charge in [-0.25, -0.2) is 0 Å². The number of rotatable bonds is 4. The maximum absolute atomic E-state index is 5.38. The number of alkyl halides is 1. The number of unbranched alkanes of at least 4 members (excludes halogenated alkanes) is 2. The molecule has 3 heteroatoms. The van der Waals surface area contributed by atoms with Gasteiger partial charge in [0.1, 0.15) is 0 Å². The Balaban J connectivity index is 0.000000209. The minimum atomic E-state index is 0.460. The zero-order valence-corrected chi connectivity index (χ0v) is 12.6. The molecule has 0 aliphatic rings. The van der Waals surface area contributed by atoms with E-state index in [-0.39, 0.29) is 0 Å². The summed E-state index contributed by atoms with van der Waals surface area (Å²) in [6.07, 6.45) is 5.62. The topological polar surface area (TPSA) is 12.9 Å². The van der Waals surface area contributed by atoms with Crippen molar-refractivity contribution >= 4 is 26.1 Å². The molecule has 2 aromatic rings. The predicted octanol–water partition coefficient (Wildman–Crippen LogP) is 4.22. The van der Waals surface area contributed by atoms with Gasteiger partial charge in [-0.3, -0.25) is 0 Å². The van der Waals surface area contributed by atoms with E-state index in [2.05, 4.69) is 29.0 Å². The predicted molar refractivity (Wildman–Crippen MR) is 76.9 cm³/mol. The Hall–Kier alpha value is -0.561. The van der Waals surface area contributed by atoms with Gasteiger partial charge in [0.25, 0.3) is 0 Å². The molecule has 0 aliphatic carbocycles. The molecule has 0 aliphatic heterocycles. The molecule has 0 radical (unpaired) electrons. The summed E-state index contributed by atoms with van der Waals surface area (Å²) in [6.45, 7) is 2.17. The average Bonchev–Trinajstić information content (AvgIpc) is 2.92. The molecule has 0 bridgehead atoms. The molecule has 92 valence electrons. The van der Waals surface area contributed by atoms with Crippen LogP contribution in [0.25, 0.3) is 10.1 Å². The fourth-order valence-corrected chi connectivity index (χ4v) is 2.83. The first-order chi connectivity index (χ1) is 8.38. The zero-order valence-electron chi connectivity index (χ0n) is 10.1. The first-order valence-corrected chi connectivity index (χ1v) is 8.27. The van der Waals surface area contributed by atoms with Crippen molar-refractivity contribution in [2.75, 3.05) is 5.88 Å². The van der Waals surface area contributed by atoms with Crippen LogP contribution in [0.4, 0.5) is 0 Å². The van der Waals surface area contributed by atoms with E-state index < -0.39 is 0 Å². The molecule has 2 rings (SSSR count). The van der Waals surface area contributed by atoms with Crippen LogP contribution in [0.1, 0.15) is 26.2 Å². The molecule has 0 saturated carbocycles. The van der Waals surface area contributed by atoms with E-state index in [1.807, 2.05) is 24.4 Å². The van der Waals surface area contributed by atoms with E-state index in [0.29, 0.717) is 14.5 Å². The number of hydrogen-bond donors (Lipinski definition) is 0. The van der Waals surface area contributed by atoms with Crippen molar-refractivity contribution in [1.29, 1.82) is 0 Å². The summed E-state index contributed by atoms with van der Waals surface area (Å²) in [5, 5.41) is 0. The maximum atomic E-state index is 5.38. The SMILES string of the molecule is CCCCCCl.c1ccc(-c2ncc[se]2)cc1. The van der Waals surface area contributed by atoms with Crippen LogP contribution < -0.4 is 0 Å². The molecule has 0 spiro atoms. The molecule has 0 unspecified atom stereocenters. The van der Waals surface area contributed by atoms with Crippen LogP contribution in [-0.2, 0) is 0 Å². The van der Waals surface area contributed by atoms with Gasteiger partial charge in [0.2, 0.25) is 0 Å². The Labute approximate surface area is 115 Å². The molecular formula is C14H18ClNSe. The van der Waals surface area contributed by atoms with Gasteiger partial charge in [-0.1, -0.05) is 19.8 Å².